The average Bonchev–Trinajstić information content (AvgIpc) is 3.18. The molecular formula is C19H21N3O2S. The van der Waals surface area contributed by atoms with Gasteiger partial charge in [-0.3, -0.25) is 9.48 Å². The number of hydrogen-bond acceptors (Lipinski definition) is 4. The summed E-state index contributed by atoms with van der Waals surface area (Å²) in [5, 5.41) is 8.98. The lowest BCUT2D eigenvalue weighted by molar-refractivity contribution is 0.103. The summed E-state index contributed by atoms with van der Waals surface area (Å²) < 4.78 is 7.63. The van der Waals surface area contributed by atoms with Crippen LogP contribution in [0.1, 0.15) is 32.1 Å². The van der Waals surface area contributed by atoms with Gasteiger partial charge in [0.1, 0.15) is 12.4 Å². The fraction of sp³-hybridized carbons (Fsp3) is 0.263. The molecule has 0 bridgehead atoms. The topological polar surface area (TPSA) is 56.1 Å². The van der Waals surface area contributed by atoms with Gasteiger partial charge in [-0.2, -0.15) is 5.10 Å². The van der Waals surface area contributed by atoms with Crippen molar-refractivity contribution in [1.29, 1.82) is 0 Å². The number of aryl methyl sites for hydroxylation is 3. The minimum Gasteiger partial charge on any atom is -0.489 e. The van der Waals surface area contributed by atoms with Crippen molar-refractivity contribution < 1.29 is 9.53 Å². The molecular weight excluding hydrogens is 334 g/mol. The van der Waals surface area contributed by atoms with Crippen molar-refractivity contribution in [1.82, 2.24) is 9.78 Å². The maximum absolute atomic E-state index is 12.4. The van der Waals surface area contributed by atoms with E-state index in [-0.39, 0.29) is 5.91 Å². The molecule has 0 aliphatic carbocycles. The molecule has 25 heavy (non-hydrogen) atoms. The van der Waals surface area contributed by atoms with E-state index in [1.54, 1.807) is 10.9 Å². The minimum absolute atomic E-state index is 0.126. The standard InChI is InChI=1S/C19H21N3O2S/c1-12-5-6-13(2)17(7-12)24-10-15-8-18(25-11-15)19(23)21-16-9-20-22(4)14(16)3/h5-9,11H,10H2,1-4H3,(H,21,23). The second kappa shape index (κ2) is 7.11. The van der Waals surface area contributed by atoms with Gasteiger partial charge in [0.2, 0.25) is 0 Å². The molecule has 0 aliphatic heterocycles. The van der Waals surface area contributed by atoms with Crippen LogP contribution in [0.4, 0.5) is 5.69 Å². The van der Waals surface area contributed by atoms with Gasteiger partial charge in [0.25, 0.3) is 5.91 Å². The van der Waals surface area contributed by atoms with Crippen molar-refractivity contribution in [2.45, 2.75) is 27.4 Å². The first-order chi connectivity index (χ1) is 11.9. The Morgan fingerprint density at radius 2 is 2.08 bits per heavy atom. The summed E-state index contributed by atoms with van der Waals surface area (Å²) in [6, 6.07) is 8.01. The second-order valence-electron chi connectivity index (χ2n) is 6.10. The van der Waals surface area contributed by atoms with Crippen molar-refractivity contribution >= 4 is 22.9 Å². The molecule has 1 aromatic carbocycles. The van der Waals surface area contributed by atoms with Crippen LogP contribution in [0.2, 0.25) is 0 Å². The van der Waals surface area contributed by atoms with E-state index >= 15 is 0 Å². The number of amides is 1. The fourth-order valence-electron chi connectivity index (χ4n) is 2.40. The van der Waals surface area contributed by atoms with Crippen molar-refractivity contribution in [2.24, 2.45) is 7.05 Å². The van der Waals surface area contributed by atoms with Crippen molar-refractivity contribution in [3.8, 4) is 5.75 Å². The quantitative estimate of drug-likeness (QED) is 0.745. The predicted molar refractivity (Wildman–Crippen MR) is 100 cm³/mol. The van der Waals surface area contributed by atoms with Crippen LogP contribution in [0.25, 0.3) is 0 Å². The molecule has 2 heterocycles. The monoisotopic (exact) mass is 355 g/mol. The van der Waals surface area contributed by atoms with Gasteiger partial charge >= 0.3 is 0 Å². The molecule has 0 saturated heterocycles. The summed E-state index contributed by atoms with van der Waals surface area (Å²) in [5.41, 5.74) is 4.90. The zero-order valence-corrected chi connectivity index (χ0v) is 15.6. The van der Waals surface area contributed by atoms with Crippen LogP contribution in [0.5, 0.6) is 5.75 Å². The lowest BCUT2D eigenvalue weighted by Crippen LogP contribution is -2.11. The van der Waals surface area contributed by atoms with E-state index in [1.165, 1.54) is 11.3 Å². The number of rotatable bonds is 5. The van der Waals surface area contributed by atoms with Crippen molar-refractivity contribution in [3.05, 3.63) is 63.1 Å². The molecule has 1 amide bonds. The van der Waals surface area contributed by atoms with Crippen molar-refractivity contribution in [2.75, 3.05) is 5.32 Å². The molecule has 0 aliphatic rings. The van der Waals surface area contributed by atoms with Crippen LogP contribution in [0.15, 0.2) is 35.8 Å². The summed E-state index contributed by atoms with van der Waals surface area (Å²) in [5.74, 6) is 0.752. The highest BCUT2D eigenvalue weighted by Crippen LogP contribution is 2.23. The van der Waals surface area contributed by atoms with E-state index < -0.39 is 0 Å². The summed E-state index contributed by atoms with van der Waals surface area (Å²) in [6.07, 6.45) is 1.66. The second-order valence-corrected chi connectivity index (χ2v) is 7.01. The zero-order chi connectivity index (χ0) is 18.0. The lowest BCUT2D eigenvalue weighted by Gasteiger charge is -2.08. The third-order valence-corrected chi connectivity index (χ3v) is 5.08. The van der Waals surface area contributed by atoms with E-state index in [4.69, 9.17) is 4.74 Å². The molecule has 2 aromatic heterocycles. The molecule has 0 spiro atoms. The molecule has 0 unspecified atom stereocenters. The van der Waals surface area contributed by atoms with Crippen LogP contribution >= 0.6 is 11.3 Å². The van der Waals surface area contributed by atoms with E-state index in [0.29, 0.717) is 11.5 Å². The third-order valence-electron chi connectivity index (χ3n) is 4.10. The highest BCUT2D eigenvalue weighted by atomic mass is 32.1. The van der Waals surface area contributed by atoms with Gasteiger partial charge in [0, 0.05) is 12.6 Å². The number of nitrogens with one attached hydrogen (secondary N) is 1. The van der Waals surface area contributed by atoms with Crippen LogP contribution in [0, 0.1) is 20.8 Å². The molecule has 130 valence electrons. The lowest BCUT2D eigenvalue weighted by atomic mass is 10.1. The number of aromatic nitrogens is 2. The Kier molecular flexibility index (Phi) is 4.90. The maximum Gasteiger partial charge on any atom is 0.265 e. The highest BCUT2D eigenvalue weighted by molar-refractivity contribution is 7.12. The van der Waals surface area contributed by atoms with Crippen molar-refractivity contribution in [3.63, 3.8) is 0 Å². The number of hydrogen-bond donors (Lipinski definition) is 1. The molecule has 5 nitrogen and oxygen atoms in total. The summed E-state index contributed by atoms with van der Waals surface area (Å²) >= 11 is 1.41. The predicted octanol–water partition coefficient (Wildman–Crippen LogP) is 4.24. The van der Waals surface area contributed by atoms with Gasteiger partial charge in [-0.15, -0.1) is 11.3 Å². The molecule has 0 saturated carbocycles. The molecule has 3 rings (SSSR count). The molecule has 1 N–H and O–H groups in total. The molecule has 0 fully saturated rings. The first-order valence-electron chi connectivity index (χ1n) is 8.01. The van der Waals surface area contributed by atoms with E-state index in [0.717, 1.165) is 33.8 Å². The Labute approximate surface area is 151 Å². The number of benzene rings is 1. The van der Waals surface area contributed by atoms with Crippen LogP contribution in [-0.4, -0.2) is 15.7 Å². The number of nitrogens with zero attached hydrogens (tertiary/aromatic N) is 2. The summed E-state index contributed by atoms with van der Waals surface area (Å²) in [4.78, 5) is 13.0. The summed E-state index contributed by atoms with van der Waals surface area (Å²) in [6.45, 7) is 6.43. The van der Waals surface area contributed by atoms with Gasteiger partial charge in [-0.05, 0) is 49.4 Å². The molecule has 6 heteroatoms. The van der Waals surface area contributed by atoms with E-state index in [2.05, 4.69) is 16.5 Å². The fourth-order valence-corrected chi connectivity index (χ4v) is 3.19. The average molecular weight is 355 g/mol. The van der Waals surface area contributed by atoms with Gasteiger partial charge in [-0.1, -0.05) is 12.1 Å². The van der Waals surface area contributed by atoms with Crippen LogP contribution < -0.4 is 10.1 Å². The third kappa shape index (κ3) is 3.91. The number of carbonyl (C=O) groups is 1. The highest BCUT2D eigenvalue weighted by Gasteiger charge is 2.13. The Morgan fingerprint density at radius 1 is 1.28 bits per heavy atom. The Hall–Kier alpha value is -2.60. The zero-order valence-electron chi connectivity index (χ0n) is 14.8. The first-order valence-corrected chi connectivity index (χ1v) is 8.89. The Balaban J connectivity index is 1.64. The van der Waals surface area contributed by atoms with Gasteiger partial charge in [0.15, 0.2) is 0 Å². The SMILES string of the molecule is Cc1ccc(C)c(OCc2csc(C(=O)Nc3cnn(C)c3C)c2)c1. The van der Waals surface area contributed by atoms with Crippen LogP contribution in [0.3, 0.4) is 0 Å². The molecule has 0 radical (unpaired) electrons. The Bertz CT molecular complexity index is 911. The van der Waals surface area contributed by atoms with E-state index in [9.17, 15) is 4.79 Å². The number of thiophene rings is 1. The molecule has 3 aromatic rings. The largest absolute Gasteiger partial charge is 0.489 e. The van der Waals surface area contributed by atoms with Gasteiger partial charge in [0.05, 0.1) is 22.5 Å². The van der Waals surface area contributed by atoms with E-state index in [1.807, 2.05) is 51.4 Å². The normalized spacial score (nSPS) is 10.7. The summed E-state index contributed by atoms with van der Waals surface area (Å²) in [7, 11) is 1.85. The Morgan fingerprint density at radius 3 is 2.80 bits per heavy atom. The van der Waals surface area contributed by atoms with Gasteiger partial charge < -0.3 is 10.1 Å². The minimum atomic E-state index is -0.126. The van der Waals surface area contributed by atoms with Gasteiger partial charge in [-0.25, -0.2) is 0 Å². The smallest absolute Gasteiger partial charge is 0.265 e. The number of anilines is 1. The maximum atomic E-state index is 12.4. The number of ether oxygens (including phenoxy) is 1. The van der Waals surface area contributed by atoms with Crippen LogP contribution in [-0.2, 0) is 13.7 Å². The number of carbonyl (C=O) groups excluding carboxylic acids is 1. The molecule has 0 atom stereocenters. The first kappa shape index (κ1) is 17.2.